The van der Waals surface area contributed by atoms with Crippen LogP contribution < -0.4 is 0 Å². The minimum atomic E-state index is -2.94. The van der Waals surface area contributed by atoms with Crippen LogP contribution in [0.25, 0.3) is 0 Å². The van der Waals surface area contributed by atoms with Crippen LogP contribution in [0.3, 0.4) is 0 Å². The number of halogens is 2. The van der Waals surface area contributed by atoms with Crippen molar-refractivity contribution in [3.05, 3.63) is 12.2 Å². The van der Waals surface area contributed by atoms with Crippen molar-refractivity contribution >= 4 is 5.78 Å². The Morgan fingerprint density at radius 2 is 2.20 bits per heavy atom. The van der Waals surface area contributed by atoms with Crippen molar-refractivity contribution in [3.8, 4) is 0 Å². The fourth-order valence-corrected chi connectivity index (χ4v) is 1.16. The highest BCUT2D eigenvalue weighted by Crippen LogP contribution is 2.05. The quantitative estimate of drug-likeness (QED) is 0.747. The number of carbonyl (C=O) groups is 1. The summed E-state index contributed by atoms with van der Waals surface area (Å²) >= 11 is 0. The summed E-state index contributed by atoms with van der Waals surface area (Å²) in [6.07, 6.45) is -2.02. The molecule has 0 aliphatic heterocycles. The number of rotatable bonds is 5. The molecular weight excluding hydrogens is 204 g/mol. The van der Waals surface area contributed by atoms with Crippen molar-refractivity contribution in [3.63, 3.8) is 0 Å². The molecule has 0 bridgehead atoms. The van der Waals surface area contributed by atoms with E-state index >= 15 is 0 Å². The van der Waals surface area contributed by atoms with E-state index in [9.17, 15) is 13.6 Å². The molecule has 0 saturated heterocycles. The average Bonchev–Trinajstić information content (AvgIpc) is 2.51. The maximum atomic E-state index is 12.0. The Hall–Kier alpha value is -1.33. The smallest absolute Gasteiger partial charge is 0.293 e. The van der Waals surface area contributed by atoms with Crippen LogP contribution in [0.1, 0.15) is 19.7 Å². The maximum absolute atomic E-state index is 12.0. The predicted octanol–water partition coefficient (Wildman–Crippen LogP) is 1.31. The van der Waals surface area contributed by atoms with Crippen molar-refractivity contribution in [2.75, 3.05) is 0 Å². The molecule has 1 heterocycles. The molecule has 0 radical (unpaired) electrons. The number of carbonyl (C=O) groups excluding carboxylic acids is 1. The van der Waals surface area contributed by atoms with E-state index in [1.54, 1.807) is 0 Å². The highest BCUT2D eigenvalue weighted by Gasteiger charge is 2.18. The van der Waals surface area contributed by atoms with E-state index in [4.69, 9.17) is 0 Å². The summed E-state index contributed by atoms with van der Waals surface area (Å²) < 4.78 is 25.5. The molecule has 0 aliphatic carbocycles. The Morgan fingerprint density at radius 1 is 1.53 bits per heavy atom. The molecule has 1 rings (SSSR count). The minimum Gasteiger partial charge on any atom is -0.293 e. The number of Topliss-reactive ketones (excluding diaryl/α,β-unsaturated/α-hetero) is 1. The third kappa shape index (κ3) is 3.38. The van der Waals surface area contributed by atoms with Crippen molar-refractivity contribution in [2.45, 2.75) is 33.2 Å². The highest BCUT2D eigenvalue weighted by atomic mass is 19.3. The third-order valence-corrected chi connectivity index (χ3v) is 1.81. The molecule has 0 unspecified atom stereocenters. The molecular formula is C9H13F2N3O. The van der Waals surface area contributed by atoms with Gasteiger partial charge in [0.05, 0.1) is 6.42 Å². The van der Waals surface area contributed by atoms with Gasteiger partial charge < -0.3 is 0 Å². The first-order valence-electron chi connectivity index (χ1n) is 4.68. The van der Waals surface area contributed by atoms with Crippen LogP contribution in [-0.4, -0.2) is 27.0 Å². The minimum absolute atomic E-state index is 0.300. The fourth-order valence-electron chi connectivity index (χ4n) is 1.16. The Bertz CT molecular complexity index is 336. The second kappa shape index (κ2) is 4.95. The van der Waals surface area contributed by atoms with Crippen molar-refractivity contribution < 1.29 is 13.6 Å². The van der Waals surface area contributed by atoms with E-state index in [2.05, 4.69) is 10.1 Å². The van der Waals surface area contributed by atoms with Crippen LogP contribution in [-0.2, 0) is 17.8 Å². The molecule has 0 spiro atoms. The molecule has 1 aromatic rings. The first-order chi connectivity index (χ1) is 7.00. The summed E-state index contributed by atoms with van der Waals surface area (Å²) in [7, 11) is 0. The van der Waals surface area contributed by atoms with E-state index in [0.717, 1.165) is 0 Å². The van der Waals surface area contributed by atoms with Gasteiger partial charge >= 0.3 is 0 Å². The van der Waals surface area contributed by atoms with Crippen LogP contribution in [0.15, 0.2) is 6.33 Å². The number of nitrogens with zero attached hydrogens (tertiary/aromatic N) is 3. The molecule has 15 heavy (non-hydrogen) atoms. The standard InChI is InChI=1S/C9H13F2N3O/c1-6(2)4-14-8(12-5-13-14)3-7(15)9(10)11/h5-6,9H,3-4H2,1-2H3. The number of hydrogen-bond donors (Lipinski definition) is 0. The summed E-state index contributed by atoms with van der Waals surface area (Å²) in [4.78, 5) is 14.6. The lowest BCUT2D eigenvalue weighted by atomic mass is 10.2. The van der Waals surface area contributed by atoms with Crippen LogP contribution in [0.2, 0.25) is 0 Å². The fraction of sp³-hybridized carbons (Fsp3) is 0.667. The van der Waals surface area contributed by atoms with Gasteiger partial charge in [-0.1, -0.05) is 13.8 Å². The van der Waals surface area contributed by atoms with Crippen LogP contribution in [0.4, 0.5) is 8.78 Å². The maximum Gasteiger partial charge on any atom is 0.296 e. The van der Waals surface area contributed by atoms with Gasteiger partial charge in [-0.15, -0.1) is 0 Å². The molecule has 0 aliphatic rings. The zero-order chi connectivity index (χ0) is 11.4. The van der Waals surface area contributed by atoms with E-state index in [1.807, 2.05) is 13.8 Å². The van der Waals surface area contributed by atoms with Gasteiger partial charge in [-0.25, -0.2) is 18.4 Å². The monoisotopic (exact) mass is 217 g/mol. The lowest BCUT2D eigenvalue weighted by Crippen LogP contribution is -2.18. The first kappa shape index (κ1) is 11.7. The lowest BCUT2D eigenvalue weighted by Gasteiger charge is -2.07. The van der Waals surface area contributed by atoms with Gasteiger partial charge in [0.2, 0.25) is 5.78 Å². The first-order valence-corrected chi connectivity index (χ1v) is 4.68. The highest BCUT2D eigenvalue weighted by molar-refractivity contribution is 5.83. The summed E-state index contributed by atoms with van der Waals surface area (Å²) in [5.74, 6) is -0.492. The van der Waals surface area contributed by atoms with Gasteiger partial charge in [-0.3, -0.25) is 4.79 Å². The van der Waals surface area contributed by atoms with Crippen LogP contribution in [0.5, 0.6) is 0 Å². The second-order valence-electron chi connectivity index (χ2n) is 3.70. The zero-order valence-electron chi connectivity index (χ0n) is 8.65. The molecule has 0 amide bonds. The molecule has 1 aromatic heterocycles. The second-order valence-corrected chi connectivity index (χ2v) is 3.70. The van der Waals surface area contributed by atoms with E-state index in [0.29, 0.717) is 18.3 Å². The Balaban J connectivity index is 2.69. The van der Waals surface area contributed by atoms with E-state index in [1.165, 1.54) is 11.0 Å². The molecule has 0 aromatic carbocycles. The summed E-state index contributed by atoms with van der Waals surface area (Å²) in [5.41, 5.74) is 0. The third-order valence-electron chi connectivity index (χ3n) is 1.81. The number of ketones is 1. The van der Waals surface area contributed by atoms with Gasteiger partial charge in [0, 0.05) is 6.54 Å². The van der Waals surface area contributed by atoms with Gasteiger partial charge in [0.15, 0.2) is 0 Å². The SMILES string of the molecule is CC(C)Cn1ncnc1CC(=O)C(F)F. The summed E-state index contributed by atoms with van der Waals surface area (Å²) in [5, 5.41) is 3.88. The Kier molecular flexibility index (Phi) is 3.88. The molecule has 6 heteroatoms. The van der Waals surface area contributed by atoms with E-state index < -0.39 is 12.2 Å². The van der Waals surface area contributed by atoms with Crippen molar-refractivity contribution in [2.24, 2.45) is 5.92 Å². The Morgan fingerprint density at radius 3 is 2.73 bits per heavy atom. The van der Waals surface area contributed by atoms with Gasteiger partial charge in [0.25, 0.3) is 6.43 Å². The van der Waals surface area contributed by atoms with Crippen molar-refractivity contribution in [1.82, 2.24) is 14.8 Å². The molecule has 4 nitrogen and oxygen atoms in total. The Labute approximate surface area is 86.3 Å². The molecule has 84 valence electrons. The largest absolute Gasteiger partial charge is 0.296 e. The van der Waals surface area contributed by atoms with Crippen molar-refractivity contribution in [1.29, 1.82) is 0 Å². The predicted molar refractivity (Wildman–Crippen MR) is 49.6 cm³/mol. The topological polar surface area (TPSA) is 47.8 Å². The molecule has 0 fully saturated rings. The van der Waals surface area contributed by atoms with Crippen LogP contribution >= 0.6 is 0 Å². The van der Waals surface area contributed by atoms with Gasteiger partial charge in [-0.05, 0) is 5.92 Å². The average molecular weight is 217 g/mol. The van der Waals surface area contributed by atoms with E-state index in [-0.39, 0.29) is 6.42 Å². The number of hydrogen-bond acceptors (Lipinski definition) is 3. The number of aromatic nitrogens is 3. The normalized spacial score (nSPS) is 11.3. The summed E-state index contributed by atoms with van der Waals surface area (Å²) in [6, 6.07) is 0. The molecule has 0 N–H and O–H groups in total. The molecule has 0 atom stereocenters. The summed E-state index contributed by atoms with van der Waals surface area (Å²) in [6.45, 7) is 4.52. The lowest BCUT2D eigenvalue weighted by molar-refractivity contribution is -0.128. The van der Waals surface area contributed by atoms with Crippen LogP contribution in [0, 0.1) is 5.92 Å². The van der Waals surface area contributed by atoms with Gasteiger partial charge in [0.1, 0.15) is 12.2 Å². The number of alkyl halides is 2. The van der Waals surface area contributed by atoms with Gasteiger partial charge in [-0.2, -0.15) is 5.10 Å². The molecule has 0 saturated carbocycles. The zero-order valence-corrected chi connectivity index (χ0v) is 8.65.